The van der Waals surface area contributed by atoms with Crippen LogP contribution in [0.4, 0.5) is 5.69 Å². The first-order valence-corrected chi connectivity index (χ1v) is 8.41. The van der Waals surface area contributed by atoms with Gasteiger partial charge in [0.1, 0.15) is 5.69 Å². The third kappa shape index (κ3) is 2.86. The van der Waals surface area contributed by atoms with E-state index in [1.807, 2.05) is 48.1 Å². The highest BCUT2D eigenvalue weighted by Gasteiger charge is 2.30. The summed E-state index contributed by atoms with van der Waals surface area (Å²) in [5, 5.41) is 20.9. The zero-order valence-corrected chi connectivity index (χ0v) is 15.3. The molecule has 7 heteroatoms. The number of aliphatic hydroxyl groups is 1. The number of aryl methyl sites for hydroxylation is 1. The fourth-order valence-electron chi connectivity index (χ4n) is 3.44. The lowest BCUT2D eigenvalue weighted by Gasteiger charge is -2.18. The van der Waals surface area contributed by atoms with Gasteiger partial charge >= 0.3 is 0 Å². The molecule has 1 aromatic heterocycles. The van der Waals surface area contributed by atoms with Gasteiger partial charge in [0.15, 0.2) is 5.78 Å². The number of anilines is 1. The van der Waals surface area contributed by atoms with Crippen molar-refractivity contribution in [2.45, 2.75) is 0 Å². The van der Waals surface area contributed by atoms with E-state index in [1.165, 1.54) is 0 Å². The highest BCUT2D eigenvalue weighted by atomic mass is 35.5. The fraction of sp³-hybridized carbons (Fsp3) is 0.263. The number of nitrogens with zero attached hydrogens (tertiary/aromatic N) is 2. The molecule has 0 aliphatic heterocycles. The Morgan fingerprint density at radius 1 is 1.08 bits per heavy atom. The van der Waals surface area contributed by atoms with Gasteiger partial charge in [-0.1, -0.05) is 24.3 Å². The van der Waals surface area contributed by atoms with Gasteiger partial charge in [0.2, 0.25) is 0 Å². The molecular formula is C19H21ClN4O2. The van der Waals surface area contributed by atoms with E-state index in [2.05, 4.69) is 15.7 Å². The van der Waals surface area contributed by atoms with Crippen molar-refractivity contribution in [3.63, 3.8) is 0 Å². The highest BCUT2D eigenvalue weighted by Crippen LogP contribution is 2.41. The number of carbonyl (C=O) groups excluding carboxylic acids is 1. The lowest BCUT2D eigenvalue weighted by Crippen LogP contribution is -2.25. The van der Waals surface area contributed by atoms with Crippen LogP contribution < -0.4 is 10.6 Å². The van der Waals surface area contributed by atoms with E-state index in [1.54, 1.807) is 0 Å². The Morgan fingerprint density at radius 2 is 1.85 bits per heavy atom. The van der Waals surface area contributed by atoms with E-state index in [0.29, 0.717) is 30.8 Å². The Kier molecular flexibility index (Phi) is 5.27. The first-order valence-electron chi connectivity index (χ1n) is 8.41. The molecule has 1 aliphatic carbocycles. The average Bonchev–Trinajstić information content (AvgIpc) is 2.97. The number of aromatic nitrogens is 2. The molecule has 1 aliphatic rings. The summed E-state index contributed by atoms with van der Waals surface area (Å²) in [6.07, 6.45) is 0. The topological polar surface area (TPSA) is 79.2 Å². The molecule has 1 heterocycles. The summed E-state index contributed by atoms with van der Waals surface area (Å²) < 4.78 is 1.83. The average molecular weight is 373 g/mol. The van der Waals surface area contributed by atoms with Crippen LogP contribution >= 0.6 is 12.4 Å². The number of rotatable bonds is 6. The number of fused-ring (bicyclic) bond motifs is 2. The number of aliphatic hydroxyl groups excluding tert-OH is 1. The molecule has 2 aromatic carbocycles. The van der Waals surface area contributed by atoms with Crippen LogP contribution in [-0.2, 0) is 7.05 Å². The van der Waals surface area contributed by atoms with E-state index in [0.717, 1.165) is 27.8 Å². The molecule has 0 spiro atoms. The molecule has 0 saturated heterocycles. The minimum atomic E-state index is 0. The largest absolute Gasteiger partial charge is 0.395 e. The van der Waals surface area contributed by atoms with Gasteiger partial charge in [-0.05, 0) is 12.1 Å². The fourth-order valence-corrected chi connectivity index (χ4v) is 3.44. The van der Waals surface area contributed by atoms with Crippen molar-refractivity contribution in [3.05, 3.63) is 47.5 Å². The molecule has 0 bridgehead atoms. The first kappa shape index (κ1) is 18.4. The number of halogens is 1. The smallest absolute Gasteiger partial charge is 0.196 e. The number of hydrogen-bond acceptors (Lipinski definition) is 5. The number of carbonyl (C=O) groups is 1. The maximum atomic E-state index is 13.1. The van der Waals surface area contributed by atoms with Gasteiger partial charge in [-0.3, -0.25) is 9.48 Å². The summed E-state index contributed by atoms with van der Waals surface area (Å²) in [7, 11) is 1.90. The second-order valence-corrected chi connectivity index (χ2v) is 6.13. The van der Waals surface area contributed by atoms with Gasteiger partial charge in [0.05, 0.1) is 17.7 Å². The van der Waals surface area contributed by atoms with Crippen molar-refractivity contribution in [1.29, 1.82) is 0 Å². The van der Waals surface area contributed by atoms with Crippen LogP contribution in [0.5, 0.6) is 0 Å². The van der Waals surface area contributed by atoms with Crippen molar-refractivity contribution in [2.75, 3.05) is 31.6 Å². The SMILES string of the molecule is Cl.Cn1nc2c3c(c(NCCNCCO)ccc31)C(=O)c1ccccc1-2. The lowest BCUT2D eigenvalue weighted by molar-refractivity contribution is 0.104. The van der Waals surface area contributed by atoms with Crippen LogP contribution in [0.3, 0.4) is 0 Å². The molecule has 0 saturated carbocycles. The summed E-state index contributed by atoms with van der Waals surface area (Å²) in [5.41, 5.74) is 4.94. The van der Waals surface area contributed by atoms with Crippen molar-refractivity contribution < 1.29 is 9.90 Å². The summed E-state index contributed by atoms with van der Waals surface area (Å²) in [6.45, 7) is 2.06. The molecule has 3 aromatic rings. The Hall–Kier alpha value is -2.41. The van der Waals surface area contributed by atoms with Gasteiger partial charge in [0, 0.05) is 48.9 Å². The summed E-state index contributed by atoms with van der Waals surface area (Å²) >= 11 is 0. The van der Waals surface area contributed by atoms with Gasteiger partial charge in [-0.2, -0.15) is 5.10 Å². The Balaban J connectivity index is 0.00000196. The van der Waals surface area contributed by atoms with Crippen molar-refractivity contribution in [1.82, 2.24) is 15.1 Å². The number of ketones is 1. The van der Waals surface area contributed by atoms with E-state index in [4.69, 9.17) is 5.11 Å². The van der Waals surface area contributed by atoms with Crippen LogP contribution in [0.2, 0.25) is 0 Å². The molecule has 26 heavy (non-hydrogen) atoms. The first-order chi connectivity index (χ1) is 12.2. The third-order valence-corrected chi connectivity index (χ3v) is 4.58. The zero-order valence-electron chi connectivity index (χ0n) is 14.5. The molecule has 0 radical (unpaired) electrons. The number of benzene rings is 2. The molecule has 3 N–H and O–H groups in total. The van der Waals surface area contributed by atoms with E-state index in [9.17, 15) is 4.79 Å². The normalized spacial score (nSPS) is 12.0. The molecule has 0 atom stereocenters. The van der Waals surface area contributed by atoms with Crippen molar-refractivity contribution in [2.24, 2.45) is 7.05 Å². The highest BCUT2D eigenvalue weighted by molar-refractivity contribution is 6.27. The third-order valence-electron chi connectivity index (χ3n) is 4.58. The van der Waals surface area contributed by atoms with E-state index < -0.39 is 0 Å². The maximum absolute atomic E-state index is 13.1. The quantitative estimate of drug-likeness (QED) is 0.452. The molecular weight excluding hydrogens is 352 g/mol. The molecule has 136 valence electrons. The van der Waals surface area contributed by atoms with Crippen LogP contribution in [-0.4, -0.2) is 46.9 Å². The Labute approximate surface area is 157 Å². The Bertz CT molecular complexity index is 968. The number of nitrogens with one attached hydrogen (secondary N) is 2. The molecule has 4 rings (SSSR count). The van der Waals surface area contributed by atoms with Crippen molar-refractivity contribution in [3.8, 4) is 11.3 Å². The molecule has 0 fully saturated rings. The van der Waals surface area contributed by atoms with E-state index >= 15 is 0 Å². The van der Waals surface area contributed by atoms with Gasteiger partial charge in [-0.15, -0.1) is 12.4 Å². The molecule has 6 nitrogen and oxygen atoms in total. The van der Waals surface area contributed by atoms with E-state index in [-0.39, 0.29) is 24.8 Å². The van der Waals surface area contributed by atoms with Crippen LogP contribution in [0, 0.1) is 0 Å². The van der Waals surface area contributed by atoms with Crippen molar-refractivity contribution >= 4 is 34.8 Å². The van der Waals surface area contributed by atoms with Crippen LogP contribution in [0.25, 0.3) is 22.2 Å². The minimum absolute atomic E-state index is 0. The van der Waals surface area contributed by atoms with Gasteiger partial charge < -0.3 is 15.7 Å². The van der Waals surface area contributed by atoms with Gasteiger partial charge in [0.25, 0.3) is 0 Å². The lowest BCUT2D eigenvalue weighted by atomic mass is 9.86. The maximum Gasteiger partial charge on any atom is 0.196 e. The van der Waals surface area contributed by atoms with Crippen LogP contribution in [0.15, 0.2) is 36.4 Å². The summed E-state index contributed by atoms with van der Waals surface area (Å²) in [6, 6.07) is 11.6. The van der Waals surface area contributed by atoms with Crippen LogP contribution in [0.1, 0.15) is 15.9 Å². The Morgan fingerprint density at radius 3 is 2.62 bits per heavy atom. The predicted octanol–water partition coefficient (Wildman–Crippen LogP) is 2.20. The number of hydrogen-bond donors (Lipinski definition) is 3. The second kappa shape index (κ2) is 7.45. The summed E-state index contributed by atoms with van der Waals surface area (Å²) in [4.78, 5) is 13.1. The second-order valence-electron chi connectivity index (χ2n) is 6.13. The molecule has 0 amide bonds. The van der Waals surface area contributed by atoms with Gasteiger partial charge in [-0.25, -0.2) is 0 Å². The predicted molar refractivity (Wildman–Crippen MR) is 105 cm³/mol. The minimum Gasteiger partial charge on any atom is -0.395 e. The molecule has 0 unspecified atom stereocenters. The summed E-state index contributed by atoms with van der Waals surface area (Å²) in [5.74, 6) is 0.0347. The zero-order chi connectivity index (χ0) is 17.4. The monoisotopic (exact) mass is 372 g/mol. The standard InChI is InChI=1S/C19H20N4O2.ClH/c1-23-15-7-6-14(21-9-8-20-10-11-24)16-17(15)18(22-23)12-4-2-3-5-13(12)19(16)25;/h2-7,20-21,24H,8-11H2,1H3;1H.